The molecule has 0 radical (unpaired) electrons. The van der Waals surface area contributed by atoms with E-state index in [0.717, 1.165) is 11.1 Å². The van der Waals surface area contributed by atoms with E-state index in [4.69, 9.17) is 5.11 Å². The van der Waals surface area contributed by atoms with Crippen molar-refractivity contribution in [3.8, 4) is 0 Å². The van der Waals surface area contributed by atoms with Gasteiger partial charge in [0.05, 0.1) is 0 Å². The number of carbonyl (C=O) groups is 2. The Kier molecular flexibility index (Phi) is 5.00. The summed E-state index contributed by atoms with van der Waals surface area (Å²) in [7, 11) is 0. The van der Waals surface area contributed by atoms with Crippen LogP contribution in [0.1, 0.15) is 33.4 Å². The molecule has 0 saturated heterocycles. The average molecular weight is 334 g/mol. The summed E-state index contributed by atoms with van der Waals surface area (Å²) in [5.41, 5.74) is 3.20. The third-order valence-corrected chi connectivity index (χ3v) is 4.63. The van der Waals surface area contributed by atoms with E-state index >= 15 is 0 Å². The van der Waals surface area contributed by atoms with Crippen LogP contribution < -0.4 is 10.2 Å². The van der Waals surface area contributed by atoms with Crippen molar-refractivity contribution in [1.82, 2.24) is 4.57 Å². The summed E-state index contributed by atoms with van der Waals surface area (Å²) in [6.45, 7) is 5.49. The fourth-order valence-corrected chi connectivity index (χ4v) is 3.20. The Labute approximate surface area is 137 Å². The number of carboxylic acids is 1. The number of benzene rings is 1. The molecule has 0 aliphatic carbocycles. The number of hydrogen-bond acceptors (Lipinski definition) is 4. The quantitative estimate of drug-likeness (QED) is 0.879. The van der Waals surface area contributed by atoms with Crippen LogP contribution in [0.2, 0.25) is 0 Å². The zero-order valence-corrected chi connectivity index (χ0v) is 14.0. The number of aromatic nitrogens is 1. The Morgan fingerprint density at radius 2 is 1.96 bits per heavy atom. The second-order valence-electron chi connectivity index (χ2n) is 5.24. The van der Waals surface area contributed by atoms with Gasteiger partial charge in [0.25, 0.3) is 0 Å². The van der Waals surface area contributed by atoms with Crippen molar-refractivity contribution >= 4 is 28.9 Å². The van der Waals surface area contributed by atoms with Gasteiger partial charge in [0, 0.05) is 11.4 Å². The summed E-state index contributed by atoms with van der Waals surface area (Å²) < 4.78 is 1.23. The molecule has 0 saturated carbocycles. The molecular weight excluding hydrogens is 316 g/mol. The van der Waals surface area contributed by atoms with Crippen molar-refractivity contribution in [2.24, 2.45) is 0 Å². The first-order valence-electron chi connectivity index (χ1n) is 7.16. The number of hydrogen-bond donors (Lipinski definition) is 2. The molecule has 1 heterocycles. The maximum absolute atomic E-state index is 12.2. The lowest BCUT2D eigenvalue weighted by atomic mass is 10.1. The van der Waals surface area contributed by atoms with Gasteiger partial charge < -0.3 is 10.4 Å². The molecule has 0 spiro atoms. The Bertz CT molecular complexity index is 820. The lowest BCUT2D eigenvalue weighted by Gasteiger charge is -2.09. The van der Waals surface area contributed by atoms with Crippen LogP contribution in [0.5, 0.6) is 0 Å². The number of carbonyl (C=O) groups excluding carboxylic acids is 1. The first-order chi connectivity index (χ1) is 10.8. The van der Waals surface area contributed by atoms with Crippen LogP contribution in [0.4, 0.5) is 5.69 Å². The molecular formula is C16H18N2O4S. The van der Waals surface area contributed by atoms with Gasteiger partial charge in [0.2, 0.25) is 5.91 Å². The smallest absolute Gasteiger partial charge is 0.347 e. The molecule has 2 rings (SSSR count). The highest BCUT2D eigenvalue weighted by Crippen LogP contribution is 2.16. The highest BCUT2D eigenvalue weighted by atomic mass is 32.1. The molecule has 0 bridgehead atoms. The van der Waals surface area contributed by atoms with E-state index < -0.39 is 10.8 Å². The van der Waals surface area contributed by atoms with Crippen LogP contribution in [0, 0.1) is 13.8 Å². The summed E-state index contributed by atoms with van der Waals surface area (Å²) in [6, 6.07) is 5.55. The Morgan fingerprint density at radius 1 is 1.26 bits per heavy atom. The first-order valence-corrected chi connectivity index (χ1v) is 7.98. The van der Waals surface area contributed by atoms with Crippen molar-refractivity contribution in [1.29, 1.82) is 0 Å². The predicted molar refractivity (Wildman–Crippen MR) is 89.5 cm³/mol. The van der Waals surface area contributed by atoms with Crippen LogP contribution in [-0.4, -0.2) is 21.6 Å². The van der Waals surface area contributed by atoms with Crippen LogP contribution in [0.25, 0.3) is 0 Å². The van der Waals surface area contributed by atoms with Crippen molar-refractivity contribution in [2.75, 3.05) is 5.32 Å². The number of amides is 1. The lowest BCUT2D eigenvalue weighted by molar-refractivity contribution is -0.116. The maximum atomic E-state index is 12.2. The van der Waals surface area contributed by atoms with E-state index in [1.807, 2.05) is 26.0 Å². The van der Waals surface area contributed by atoms with E-state index in [2.05, 4.69) is 5.32 Å². The molecule has 7 heteroatoms. The largest absolute Gasteiger partial charge is 0.477 e. The Morgan fingerprint density at radius 3 is 2.52 bits per heavy atom. The molecule has 2 N–H and O–H groups in total. The van der Waals surface area contributed by atoms with Crippen molar-refractivity contribution in [2.45, 2.75) is 33.7 Å². The van der Waals surface area contributed by atoms with Gasteiger partial charge in [-0.25, -0.2) is 4.79 Å². The van der Waals surface area contributed by atoms with Gasteiger partial charge >= 0.3 is 10.8 Å². The van der Waals surface area contributed by atoms with E-state index in [-0.39, 0.29) is 17.3 Å². The fraction of sp³-hybridized carbons (Fsp3) is 0.312. The minimum atomic E-state index is -1.14. The topological polar surface area (TPSA) is 88.4 Å². The molecule has 0 aliphatic heterocycles. The molecule has 6 nitrogen and oxygen atoms in total. The van der Waals surface area contributed by atoms with Gasteiger partial charge in [-0.3, -0.25) is 14.2 Å². The number of aryl methyl sites for hydroxylation is 2. The third kappa shape index (κ3) is 3.68. The van der Waals surface area contributed by atoms with Gasteiger partial charge in [0.15, 0.2) is 0 Å². The van der Waals surface area contributed by atoms with Gasteiger partial charge in [0.1, 0.15) is 11.4 Å². The molecule has 1 aromatic carbocycles. The standard InChI is InChI=1S/C16H18N2O4S/c1-4-12-14(15(20)21)23-16(22)18(12)8-13(19)17-11-6-5-9(2)10(3)7-11/h5-7H,4,8H2,1-3H3,(H,17,19)(H,20,21). The monoisotopic (exact) mass is 334 g/mol. The molecule has 0 aliphatic rings. The summed E-state index contributed by atoms with van der Waals surface area (Å²) in [4.78, 5) is 34.8. The zero-order valence-electron chi connectivity index (χ0n) is 13.2. The normalized spacial score (nSPS) is 10.6. The number of thiazole rings is 1. The second kappa shape index (κ2) is 6.78. The van der Waals surface area contributed by atoms with Gasteiger partial charge in [-0.1, -0.05) is 24.3 Å². The molecule has 0 atom stereocenters. The molecule has 0 unspecified atom stereocenters. The molecule has 23 heavy (non-hydrogen) atoms. The van der Waals surface area contributed by atoms with Crippen LogP contribution in [0.15, 0.2) is 23.0 Å². The fourth-order valence-electron chi connectivity index (χ4n) is 2.28. The number of carboxylic acid groups (broad SMARTS) is 1. The molecule has 2 aromatic rings. The van der Waals surface area contributed by atoms with Crippen molar-refractivity contribution in [3.05, 3.63) is 49.6 Å². The zero-order chi connectivity index (χ0) is 17.1. The van der Waals surface area contributed by atoms with E-state index in [9.17, 15) is 14.4 Å². The molecule has 1 aromatic heterocycles. The summed E-state index contributed by atoms with van der Waals surface area (Å²) in [5.74, 6) is -1.50. The summed E-state index contributed by atoms with van der Waals surface area (Å²) in [6.07, 6.45) is 0.372. The number of nitrogens with zero attached hydrogens (tertiary/aromatic N) is 1. The van der Waals surface area contributed by atoms with Crippen LogP contribution in [0.3, 0.4) is 0 Å². The molecule has 1 amide bonds. The number of rotatable bonds is 5. The third-order valence-electron chi connectivity index (χ3n) is 3.62. The maximum Gasteiger partial charge on any atom is 0.347 e. The van der Waals surface area contributed by atoms with E-state index in [0.29, 0.717) is 29.1 Å². The van der Waals surface area contributed by atoms with Gasteiger partial charge in [-0.15, -0.1) is 0 Å². The van der Waals surface area contributed by atoms with Crippen molar-refractivity contribution in [3.63, 3.8) is 0 Å². The van der Waals surface area contributed by atoms with Crippen LogP contribution in [-0.2, 0) is 17.8 Å². The van der Waals surface area contributed by atoms with Gasteiger partial charge in [-0.2, -0.15) is 0 Å². The molecule has 0 fully saturated rings. The van der Waals surface area contributed by atoms with E-state index in [1.165, 1.54) is 4.57 Å². The minimum Gasteiger partial charge on any atom is -0.477 e. The Balaban J connectivity index is 2.22. The highest BCUT2D eigenvalue weighted by Gasteiger charge is 2.20. The average Bonchev–Trinajstić information content (AvgIpc) is 2.79. The second-order valence-corrected chi connectivity index (χ2v) is 6.20. The number of anilines is 1. The first kappa shape index (κ1) is 17.0. The van der Waals surface area contributed by atoms with Crippen molar-refractivity contribution < 1.29 is 14.7 Å². The summed E-state index contributed by atoms with van der Waals surface area (Å²) >= 11 is 0.654. The minimum absolute atomic E-state index is 0.00326. The van der Waals surface area contributed by atoms with Crippen LogP contribution >= 0.6 is 11.3 Å². The number of aromatic carboxylic acids is 1. The molecule has 122 valence electrons. The highest BCUT2D eigenvalue weighted by molar-refractivity contribution is 7.11. The Hall–Kier alpha value is -2.41. The number of nitrogens with one attached hydrogen (secondary N) is 1. The predicted octanol–water partition coefficient (Wildman–Crippen LogP) is 2.43. The lowest BCUT2D eigenvalue weighted by Crippen LogP contribution is -2.26. The summed E-state index contributed by atoms with van der Waals surface area (Å²) in [5, 5.41) is 11.9. The van der Waals surface area contributed by atoms with E-state index in [1.54, 1.807) is 13.0 Å². The van der Waals surface area contributed by atoms with Gasteiger partial charge in [-0.05, 0) is 43.5 Å². The SMILES string of the molecule is CCc1c(C(=O)O)sc(=O)n1CC(=O)Nc1ccc(C)c(C)c1.